The van der Waals surface area contributed by atoms with Gasteiger partial charge in [-0.2, -0.15) is 13.2 Å². The van der Waals surface area contributed by atoms with Crippen LogP contribution in [0.1, 0.15) is 12.8 Å². The first-order valence-electron chi connectivity index (χ1n) is 7.34. The van der Waals surface area contributed by atoms with Crippen LogP contribution in [0.25, 0.3) is 0 Å². The van der Waals surface area contributed by atoms with E-state index in [1.807, 2.05) is 0 Å². The number of piperidine rings is 1. The summed E-state index contributed by atoms with van der Waals surface area (Å²) in [5.74, 6) is -1.54. The molecule has 1 amide bonds. The number of carbonyl (C=O) groups excluding carboxylic acids is 1. The van der Waals surface area contributed by atoms with Crippen molar-refractivity contribution in [2.75, 3.05) is 45.9 Å². The van der Waals surface area contributed by atoms with Gasteiger partial charge in [-0.25, -0.2) is 0 Å². The standard InChI is InChI=1S/C13H22F3N3O2/c14-13(15,16)10-1-2-11(18-9-10)12(20)17-3-4-19-5-7-21-8-6-19/h10-11,18H,1-9H2,(H,17,20). The minimum Gasteiger partial charge on any atom is -0.379 e. The lowest BCUT2D eigenvalue weighted by Gasteiger charge is -2.31. The molecule has 0 radical (unpaired) electrons. The topological polar surface area (TPSA) is 53.6 Å². The van der Waals surface area contributed by atoms with Crippen molar-refractivity contribution in [2.45, 2.75) is 25.1 Å². The number of carbonyl (C=O) groups is 1. The van der Waals surface area contributed by atoms with Crippen molar-refractivity contribution >= 4 is 5.91 Å². The van der Waals surface area contributed by atoms with E-state index < -0.39 is 18.1 Å². The van der Waals surface area contributed by atoms with E-state index in [2.05, 4.69) is 15.5 Å². The average Bonchev–Trinajstić information content (AvgIpc) is 2.47. The molecule has 0 aliphatic carbocycles. The van der Waals surface area contributed by atoms with Gasteiger partial charge < -0.3 is 15.4 Å². The molecular weight excluding hydrogens is 287 g/mol. The molecule has 2 rings (SSSR count). The fourth-order valence-electron chi connectivity index (χ4n) is 2.64. The van der Waals surface area contributed by atoms with Crippen LogP contribution in [0.4, 0.5) is 13.2 Å². The summed E-state index contributed by atoms with van der Waals surface area (Å²) in [5.41, 5.74) is 0. The zero-order valence-electron chi connectivity index (χ0n) is 11.9. The van der Waals surface area contributed by atoms with Gasteiger partial charge in [0.15, 0.2) is 0 Å². The van der Waals surface area contributed by atoms with E-state index in [0.717, 1.165) is 19.6 Å². The SMILES string of the molecule is O=C(NCCN1CCOCC1)C1CCC(C(F)(F)F)CN1. The number of nitrogens with one attached hydrogen (secondary N) is 2. The Hall–Kier alpha value is -0.860. The lowest BCUT2D eigenvalue weighted by molar-refractivity contribution is -0.180. The molecule has 2 N–H and O–H groups in total. The van der Waals surface area contributed by atoms with E-state index in [1.165, 1.54) is 0 Å². The molecule has 2 atom stereocenters. The van der Waals surface area contributed by atoms with Crippen LogP contribution >= 0.6 is 0 Å². The average molecular weight is 309 g/mol. The summed E-state index contributed by atoms with van der Waals surface area (Å²) in [6, 6.07) is -0.506. The second-order valence-electron chi connectivity index (χ2n) is 5.52. The Labute approximate surface area is 122 Å². The highest BCUT2D eigenvalue weighted by Crippen LogP contribution is 2.31. The molecule has 2 saturated heterocycles. The van der Waals surface area contributed by atoms with E-state index in [1.54, 1.807) is 0 Å². The first-order valence-corrected chi connectivity index (χ1v) is 7.34. The number of morpholine rings is 1. The van der Waals surface area contributed by atoms with Gasteiger partial charge >= 0.3 is 6.18 Å². The molecule has 2 heterocycles. The number of alkyl halides is 3. The molecule has 0 aromatic rings. The third-order valence-corrected chi connectivity index (χ3v) is 4.02. The number of ether oxygens (including phenoxy) is 1. The Balaban J connectivity index is 1.63. The Morgan fingerprint density at radius 1 is 1.29 bits per heavy atom. The lowest BCUT2D eigenvalue weighted by Crippen LogP contribution is -2.52. The Morgan fingerprint density at radius 2 is 2.00 bits per heavy atom. The first-order chi connectivity index (χ1) is 9.97. The van der Waals surface area contributed by atoms with Crippen LogP contribution in [-0.2, 0) is 9.53 Å². The molecule has 8 heteroatoms. The minimum atomic E-state index is -4.18. The lowest BCUT2D eigenvalue weighted by atomic mass is 9.94. The van der Waals surface area contributed by atoms with Gasteiger partial charge in [0.25, 0.3) is 0 Å². The number of hydrogen-bond donors (Lipinski definition) is 2. The van der Waals surface area contributed by atoms with Crippen LogP contribution in [-0.4, -0.2) is 69.0 Å². The molecule has 21 heavy (non-hydrogen) atoms. The maximum atomic E-state index is 12.5. The number of nitrogens with zero attached hydrogens (tertiary/aromatic N) is 1. The largest absolute Gasteiger partial charge is 0.393 e. The molecule has 0 bridgehead atoms. The molecule has 2 unspecified atom stereocenters. The van der Waals surface area contributed by atoms with Crippen molar-refractivity contribution in [2.24, 2.45) is 5.92 Å². The van der Waals surface area contributed by atoms with Crippen LogP contribution in [0.2, 0.25) is 0 Å². The maximum absolute atomic E-state index is 12.5. The predicted octanol–water partition coefficient (Wildman–Crippen LogP) is 0.365. The summed E-state index contributed by atoms with van der Waals surface area (Å²) in [6.07, 6.45) is -3.93. The zero-order valence-corrected chi connectivity index (χ0v) is 11.9. The Bertz CT molecular complexity index is 338. The van der Waals surface area contributed by atoms with Crippen LogP contribution < -0.4 is 10.6 Å². The highest BCUT2D eigenvalue weighted by molar-refractivity contribution is 5.81. The first kappa shape index (κ1) is 16.5. The summed E-state index contributed by atoms with van der Waals surface area (Å²) in [7, 11) is 0. The molecule has 0 spiro atoms. The van der Waals surface area contributed by atoms with E-state index in [-0.39, 0.29) is 25.3 Å². The van der Waals surface area contributed by atoms with Gasteiger partial charge in [0, 0.05) is 32.7 Å². The van der Waals surface area contributed by atoms with Crippen LogP contribution in [0.15, 0.2) is 0 Å². The highest BCUT2D eigenvalue weighted by atomic mass is 19.4. The summed E-state index contributed by atoms with van der Waals surface area (Å²) < 4.78 is 42.8. The number of rotatable bonds is 4. The molecule has 0 saturated carbocycles. The van der Waals surface area contributed by atoms with Crippen LogP contribution in [0.5, 0.6) is 0 Å². The molecule has 5 nitrogen and oxygen atoms in total. The summed E-state index contributed by atoms with van der Waals surface area (Å²) in [4.78, 5) is 14.1. The van der Waals surface area contributed by atoms with Crippen molar-refractivity contribution in [3.63, 3.8) is 0 Å². The van der Waals surface area contributed by atoms with E-state index in [4.69, 9.17) is 4.74 Å². The van der Waals surface area contributed by atoms with Crippen LogP contribution in [0, 0.1) is 5.92 Å². The third-order valence-electron chi connectivity index (χ3n) is 4.02. The van der Waals surface area contributed by atoms with Crippen molar-refractivity contribution in [3.8, 4) is 0 Å². The summed E-state index contributed by atoms with van der Waals surface area (Å²) >= 11 is 0. The third kappa shape index (κ3) is 5.12. The summed E-state index contributed by atoms with van der Waals surface area (Å²) in [5, 5.41) is 5.49. The van der Waals surface area contributed by atoms with Gasteiger partial charge in [0.05, 0.1) is 25.2 Å². The van der Waals surface area contributed by atoms with Crippen molar-refractivity contribution < 1.29 is 22.7 Å². The smallest absolute Gasteiger partial charge is 0.379 e. The molecule has 0 aromatic carbocycles. The fraction of sp³-hybridized carbons (Fsp3) is 0.923. The van der Waals surface area contributed by atoms with E-state index >= 15 is 0 Å². The van der Waals surface area contributed by atoms with Crippen molar-refractivity contribution in [3.05, 3.63) is 0 Å². The van der Waals surface area contributed by atoms with Crippen LogP contribution in [0.3, 0.4) is 0 Å². The van der Waals surface area contributed by atoms with Gasteiger partial charge in [-0.1, -0.05) is 0 Å². The van der Waals surface area contributed by atoms with Gasteiger partial charge in [-0.3, -0.25) is 9.69 Å². The molecule has 122 valence electrons. The van der Waals surface area contributed by atoms with Gasteiger partial charge in [-0.15, -0.1) is 0 Å². The molecule has 0 aromatic heterocycles. The number of hydrogen-bond acceptors (Lipinski definition) is 4. The second-order valence-corrected chi connectivity index (χ2v) is 5.52. The Kier molecular flexibility index (Phi) is 5.83. The number of halogens is 3. The van der Waals surface area contributed by atoms with Gasteiger partial charge in [0.2, 0.25) is 5.91 Å². The van der Waals surface area contributed by atoms with Gasteiger partial charge in [0.1, 0.15) is 0 Å². The normalized spacial score (nSPS) is 28.3. The van der Waals surface area contributed by atoms with E-state index in [0.29, 0.717) is 19.8 Å². The van der Waals surface area contributed by atoms with E-state index in [9.17, 15) is 18.0 Å². The Morgan fingerprint density at radius 3 is 2.57 bits per heavy atom. The van der Waals surface area contributed by atoms with Crippen molar-refractivity contribution in [1.82, 2.24) is 15.5 Å². The summed E-state index contributed by atoms with van der Waals surface area (Å²) in [6.45, 7) is 4.20. The molecule has 2 aliphatic heterocycles. The molecular formula is C13H22F3N3O2. The molecule has 2 fully saturated rings. The van der Waals surface area contributed by atoms with Gasteiger partial charge in [-0.05, 0) is 12.8 Å². The minimum absolute atomic E-state index is 0.0120. The fourth-order valence-corrected chi connectivity index (χ4v) is 2.64. The quantitative estimate of drug-likeness (QED) is 0.788. The van der Waals surface area contributed by atoms with Crippen molar-refractivity contribution in [1.29, 1.82) is 0 Å². The zero-order chi connectivity index (χ0) is 15.3. The predicted molar refractivity (Wildman–Crippen MR) is 70.8 cm³/mol. The number of amides is 1. The highest BCUT2D eigenvalue weighted by Gasteiger charge is 2.42. The monoisotopic (exact) mass is 309 g/mol. The molecule has 2 aliphatic rings. The maximum Gasteiger partial charge on any atom is 0.393 e. The second kappa shape index (κ2) is 7.42.